The number of fused-ring (bicyclic) bond motifs is 1. The molecule has 9 heteroatoms. The van der Waals surface area contributed by atoms with E-state index in [-0.39, 0.29) is 19.1 Å². The molecule has 3 atom stereocenters. The van der Waals surface area contributed by atoms with Gasteiger partial charge in [-0.15, -0.1) is 11.8 Å². The van der Waals surface area contributed by atoms with Crippen LogP contribution >= 0.6 is 0 Å². The van der Waals surface area contributed by atoms with Crippen molar-refractivity contribution in [3.8, 4) is 11.8 Å². The minimum atomic E-state index is -0.875. The average molecular weight is 442 g/mol. The Kier molecular flexibility index (Phi) is 13.0. The summed E-state index contributed by atoms with van der Waals surface area (Å²) in [4.78, 5) is 22.1. The number of alkyl carbamates (subject to hydrolysis) is 1. The van der Waals surface area contributed by atoms with Gasteiger partial charge in [0, 0.05) is 19.4 Å². The number of rotatable bonds is 17. The van der Waals surface area contributed by atoms with E-state index < -0.39 is 5.97 Å². The van der Waals surface area contributed by atoms with Crippen molar-refractivity contribution in [3.05, 3.63) is 0 Å². The number of nitrogens with one attached hydrogen (secondary N) is 1. The summed E-state index contributed by atoms with van der Waals surface area (Å²) in [5, 5.41) is 11.2. The Morgan fingerprint density at radius 3 is 1.87 bits per heavy atom. The van der Waals surface area contributed by atoms with Crippen molar-refractivity contribution in [3.63, 3.8) is 0 Å². The molecule has 0 heterocycles. The Balaban J connectivity index is 1.29. The SMILES string of the molecule is O=C(O)CCOCCOCCOCCOCCNC(=O)OC[C@H]1[C@@H]2CCC#CCC[C@@H]21. The van der Waals surface area contributed by atoms with E-state index in [2.05, 4.69) is 17.2 Å². The van der Waals surface area contributed by atoms with E-state index in [9.17, 15) is 9.59 Å². The zero-order valence-corrected chi connectivity index (χ0v) is 18.1. The smallest absolute Gasteiger partial charge is 0.407 e. The van der Waals surface area contributed by atoms with Gasteiger partial charge in [-0.05, 0) is 30.6 Å². The summed E-state index contributed by atoms with van der Waals surface area (Å²) in [6, 6.07) is 0. The molecule has 0 unspecified atom stereocenters. The molecule has 0 aliphatic heterocycles. The van der Waals surface area contributed by atoms with Crippen LogP contribution in [-0.4, -0.2) is 83.2 Å². The second kappa shape index (κ2) is 15.9. The second-order valence-corrected chi connectivity index (χ2v) is 7.54. The number of aliphatic carboxylic acids is 1. The van der Waals surface area contributed by atoms with Gasteiger partial charge in [0.05, 0.1) is 65.9 Å². The first-order valence-corrected chi connectivity index (χ1v) is 11.1. The summed E-state index contributed by atoms with van der Waals surface area (Å²) in [6.45, 7) is 4.00. The number of carbonyl (C=O) groups excluding carboxylic acids is 1. The van der Waals surface area contributed by atoms with Crippen LogP contribution in [0, 0.1) is 29.6 Å². The number of hydrogen-bond donors (Lipinski definition) is 2. The molecule has 1 fully saturated rings. The molecule has 1 saturated carbocycles. The quantitative estimate of drug-likeness (QED) is 0.259. The lowest BCUT2D eigenvalue weighted by atomic mass is 10.1. The first-order chi connectivity index (χ1) is 15.2. The molecule has 0 radical (unpaired) electrons. The number of carboxylic acids is 1. The first-order valence-electron chi connectivity index (χ1n) is 11.1. The van der Waals surface area contributed by atoms with Crippen molar-refractivity contribution in [2.75, 3.05) is 66.0 Å². The third-order valence-electron chi connectivity index (χ3n) is 5.34. The van der Waals surface area contributed by atoms with Crippen LogP contribution in [0.15, 0.2) is 0 Å². The van der Waals surface area contributed by atoms with Crippen molar-refractivity contribution in [1.82, 2.24) is 5.32 Å². The fraction of sp³-hybridized carbons (Fsp3) is 0.818. The zero-order valence-electron chi connectivity index (χ0n) is 18.1. The van der Waals surface area contributed by atoms with Crippen LogP contribution in [0.25, 0.3) is 0 Å². The van der Waals surface area contributed by atoms with Gasteiger partial charge in [0.2, 0.25) is 0 Å². The number of amides is 1. The highest BCUT2D eigenvalue weighted by molar-refractivity contribution is 5.67. The van der Waals surface area contributed by atoms with E-state index in [0.29, 0.717) is 77.2 Å². The molecule has 0 aromatic rings. The molecule has 1 amide bonds. The van der Waals surface area contributed by atoms with Gasteiger partial charge in [0.15, 0.2) is 0 Å². The Labute approximate surface area is 184 Å². The Hall–Kier alpha value is -1.86. The number of carboxylic acid groups (broad SMARTS) is 1. The first kappa shape index (κ1) is 25.4. The Morgan fingerprint density at radius 1 is 0.806 bits per heavy atom. The van der Waals surface area contributed by atoms with Crippen molar-refractivity contribution in [1.29, 1.82) is 0 Å². The minimum Gasteiger partial charge on any atom is -0.481 e. The second-order valence-electron chi connectivity index (χ2n) is 7.54. The molecule has 2 rings (SSSR count). The standard InChI is InChI=1S/C22H35NO8/c24-21(25)7-9-27-11-13-29-15-16-30-14-12-28-10-8-23-22(26)31-17-20-18-5-3-1-2-4-6-19(18)20/h18-20H,3-17H2,(H,23,26)(H,24,25)/t18-,19+,20+. The molecule has 0 spiro atoms. The van der Waals surface area contributed by atoms with Gasteiger partial charge < -0.3 is 34.1 Å². The summed E-state index contributed by atoms with van der Waals surface area (Å²) in [5.41, 5.74) is 0. The predicted molar refractivity (Wildman–Crippen MR) is 112 cm³/mol. The molecule has 176 valence electrons. The van der Waals surface area contributed by atoms with Crippen molar-refractivity contribution in [2.24, 2.45) is 17.8 Å². The molecule has 2 aliphatic rings. The fourth-order valence-electron chi connectivity index (χ4n) is 3.65. The minimum absolute atomic E-state index is 0.00267. The number of ether oxygens (including phenoxy) is 5. The van der Waals surface area contributed by atoms with E-state index in [1.54, 1.807) is 0 Å². The topological polar surface area (TPSA) is 113 Å². The maximum Gasteiger partial charge on any atom is 0.407 e. The van der Waals surface area contributed by atoms with Crippen LogP contribution in [0.5, 0.6) is 0 Å². The molecule has 0 aromatic carbocycles. The molecular weight excluding hydrogens is 406 g/mol. The monoisotopic (exact) mass is 441 g/mol. The lowest BCUT2D eigenvalue weighted by molar-refractivity contribution is -0.138. The third kappa shape index (κ3) is 11.9. The predicted octanol–water partition coefficient (Wildman–Crippen LogP) is 1.69. The lowest BCUT2D eigenvalue weighted by Gasteiger charge is -2.08. The highest BCUT2D eigenvalue weighted by atomic mass is 16.6. The van der Waals surface area contributed by atoms with Gasteiger partial charge in [-0.1, -0.05) is 0 Å². The van der Waals surface area contributed by atoms with Crippen molar-refractivity contribution >= 4 is 12.1 Å². The number of carbonyl (C=O) groups is 2. The van der Waals surface area contributed by atoms with Crippen molar-refractivity contribution < 1.29 is 38.4 Å². The summed E-state index contributed by atoms with van der Waals surface area (Å²) in [7, 11) is 0. The van der Waals surface area contributed by atoms with Crippen LogP contribution in [-0.2, 0) is 28.5 Å². The van der Waals surface area contributed by atoms with Crippen LogP contribution < -0.4 is 5.32 Å². The van der Waals surface area contributed by atoms with Gasteiger partial charge in [-0.25, -0.2) is 4.79 Å². The fourth-order valence-corrected chi connectivity index (χ4v) is 3.65. The van der Waals surface area contributed by atoms with Crippen molar-refractivity contribution in [2.45, 2.75) is 32.1 Å². The molecule has 0 aromatic heterocycles. The highest BCUT2D eigenvalue weighted by Gasteiger charge is 2.49. The van der Waals surface area contributed by atoms with Crippen LogP contribution in [0.1, 0.15) is 32.1 Å². The van der Waals surface area contributed by atoms with E-state index in [1.165, 1.54) is 0 Å². The van der Waals surface area contributed by atoms with Gasteiger partial charge in [0.25, 0.3) is 0 Å². The average Bonchev–Trinajstić information content (AvgIpc) is 3.38. The largest absolute Gasteiger partial charge is 0.481 e. The van der Waals surface area contributed by atoms with E-state index >= 15 is 0 Å². The van der Waals surface area contributed by atoms with E-state index in [0.717, 1.165) is 25.7 Å². The maximum atomic E-state index is 11.8. The molecule has 0 bridgehead atoms. The molecule has 0 saturated heterocycles. The Morgan fingerprint density at radius 2 is 1.32 bits per heavy atom. The molecule has 9 nitrogen and oxygen atoms in total. The van der Waals surface area contributed by atoms with Gasteiger partial charge >= 0.3 is 12.1 Å². The molecule has 31 heavy (non-hydrogen) atoms. The van der Waals surface area contributed by atoms with Gasteiger partial charge in [-0.2, -0.15) is 0 Å². The van der Waals surface area contributed by atoms with E-state index in [1.807, 2.05) is 0 Å². The third-order valence-corrected chi connectivity index (χ3v) is 5.34. The highest BCUT2D eigenvalue weighted by Crippen LogP contribution is 2.52. The van der Waals surface area contributed by atoms with Crippen LogP contribution in [0.4, 0.5) is 4.79 Å². The molecular formula is C22H35NO8. The summed E-state index contributed by atoms with van der Waals surface area (Å²) in [6.07, 6.45) is 3.78. The summed E-state index contributed by atoms with van der Waals surface area (Å²) in [5.74, 6) is 7.34. The van der Waals surface area contributed by atoms with Crippen LogP contribution in [0.3, 0.4) is 0 Å². The Bertz CT molecular complexity index is 570. The summed E-state index contributed by atoms with van der Waals surface area (Å²) >= 11 is 0. The molecule has 2 aliphatic carbocycles. The number of hydrogen-bond acceptors (Lipinski definition) is 7. The maximum absolute atomic E-state index is 11.8. The van der Waals surface area contributed by atoms with Gasteiger partial charge in [-0.3, -0.25) is 4.79 Å². The lowest BCUT2D eigenvalue weighted by Crippen LogP contribution is -2.29. The van der Waals surface area contributed by atoms with Gasteiger partial charge in [0.1, 0.15) is 0 Å². The van der Waals surface area contributed by atoms with E-state index in [4.69, 9.17) is 28.8 Å². The molecule has 2 N–H and O–H groups in total. The zero-order chi connectivity index (χ0) is 22.2. The summed E-state index contributed by atoms with van der Waals surface area (Å²) < 4.78 is 26.5. The normalized spacial score (nSPS) is 21.7. The van der Waals surface area contributed by atoms with Crippen LogP contribution in [0.2, 0.25) is 0 Å².